The molecule has 2 fully saturated rings. The van der Waals surface area contributed by atoms with Crippen LogP contribution >= 0.6 is 0 Å². The Balaban J connectivity index is 2.21. The molecular weight excluding hydrogens is 148 g/mol. The molecule has 62 valence electrons. The average molecular weight is 158 g/mol. The Bertz CT molecular complexity index is 191. The van der Waals surface area contributed by atoms with Gasteiger partial charge in [-0.15, -0.1) is 0 Å². The van der Waals surface area contributed by atoms with Gasteiger partial charge in [0.05, 0.1) is 18.6 Å². The van der Waals surface area contributed by atoms with E-state index in [0.717, 1.165) is 0 Å². The van der Waals surface area contributed by atoms with Crippen molar-refractivity contribution in [1.29, 1.82) is 0 Å². The van der Waals surface area contributed by atoms with Gasteiger partial charge in [0.1, 0.15) is 5.78 Å². The summed E-state index contributed by atoms with van der Waals surface area (Å²) in [6, 6.07) is 0. The number of hydrogen-bond acceptors (Lipinski definition) is 4. The zero-order valence-electron chi connectivity index (χ0n) is 5.93. The maximum atomic E-state index is 11.1. The molecule has 0 aromatic heterocycles. The maximum Gasteiger partial charge on any atom is 0.160 e. The Morgan fingerprint density at radius 1 is 1.45 bits per heavy atom. The third-order valence-corrected chi connectivity index (χ3v) is 2.51. The van der Waals surface area contributed by atoms with Crippen LogP contribution in [-0.4, -0.2) is 35.0 Å². The summed E-state index contributed by atoms with van der Waals surface area (Å²) in [5, 5.41) is 18.4. The van der Waals surface area contributed by atoms with Gasteiger partial charge in [-0.2, -0.15) is 0 Å². The molecule has 1 saturated carbocycles. The number of fused-ring (bicyclic) bond motifs is 1. The van der Waals surface area contributed by atoms with Crippen LogP contribution in [0.4, 0.5) is 0 Å². The molecule has 1 saturated heterocycles. The van der Waals surface area contributed by atoms with E-state index in [1.54, 1.807) is 0 Å². The lowest BCUT2D eigenvalue weighted by Gasteiger charge is -2.13. The molecule has 0 radical (unpaired) electrons. The number of rotatable bonds is 0. The quantitative estimate of drug-likeness (QED) is 0.469. The summed E-state index contributed by atoms with van der Waals surface area (Å²) in [6.07, 6.45) is -1.47. The predicted molar refractivity (Wildman–Crippen MR) is 34.6 cm³/mol. The van der Waals surface area contributed by atoms with Gasteiger partial charge >= 0.3 is 0 Å². The highest BCUT2D eigenvalue weighted by molar-refractivity contribution is 5.84. The third kappa shape index (κ3) is 0.903. The molecule has 11 heavy (non-hydrogen) atoms. The second kappa shape index (κ2) is 2.27. The van der Waals surface area contributed by atoms with Crippen molar-refractivity contribution in [2.75, 3.05) is 6.61 Å². The van der Waals surface area contributed by atoms with Crippen LogP contribution in [0.1, 0.15) is 6.42 Å². The normalized spacial score (nSPS) is 49.8. The number of carbonyl (C=O) groups is 1. The van der Waals surface area contributed by atoms with Gasteiger partial charge in [0.2, 0.25) is 0 Å². The van der Waals surface area contributed by atoms with Crippen molar-refractivity contribution in [3.63, 3.8) is 0 Å². The average Bonchev–Trinajstić information content (AvgIpc) is 2.41. The summed E-state index contributed by atoms with van der Waals surface area (Å²) in [6.45, 7) is 0.266. The summed E-state index contributed by atoms with van der Waals surface area (Å²) < 4.78 is 4.84. The fourth-order valence-corrected chi connectivity index (χ4v) is 1.88. The summed E-state index contributed by atoms with van der Waals surface area (Å²) in [5.74, 6) is -0.624. The molecule has 2 aliphatic rings. The van der Waals surface area contributed by atoms with E-state index in [0.29, 0.717) is 0 Å². The maximum absolute atomic E-state index is 11.1. The molecule has 1 aliphatic carbocycles. The Hall–Kier alpha value is -0.450. The van der Waals surface area contributed by atoms with E-state index in [-0.39, 0.29) is 30.6 Å². The second-order valence-electron chi connectivity index (χ2n) is 3.15. The summed E-state index contributed by atoms with van der Waals surface area (Å²) >= 11 is 0. The molecule has 0 aromatic rings. The molecule has 1 heterocycles. The monoisotopic (exact) mass is 158 g/mol. The molecule has 2 rings (SSSR count). The molecule has 2 N–H and O–H groups in total. The van der Waals surface area contributed by atoms with E-state index >= 15 is 0 Å². The van der Waals surface area contributed by atoms with Crippen molar-refractivity contribution in [1.82, 2.24) is 0 Å². The smallest absolute Gasteiger partial charge is 0.160 e. The number of carbonyl (C=O) groups excluding carboxylic acids is 1. The van der Waals surface area contributed by atoms with Crippen LogP contribution in [0.15, 0.2) is 0 Å². The molecule has 4 heteroatoms. The summed E-state index contributed by atoms with van der Waals surface area (Å²) in [7, 11) is 0. The van der Waals surface area contributed by atoms with Crippen LogP contribution in [0.2, 0.25) is 0 Å². The number of ether oxygens (including phenoxy) is 1. The number of ketones is 1. The molecule has 4 atom stereocenters. The van der Waals surface area contributed by atoms with E-state index < -0.39 is 12.4 Å². The largest absolute Gasteiger partial charge is 0.392 e. The molecule has 0 bridgehead atoms. The molecule has 1 unspecified atom stereocenters. The molecule has 4 nitrogen and oxygen atoms in total. The van der Waals surface area contributed by atoms with Crippen molar-refractivity contribution in [3.05, 3.63) is 0 Å². The van der Waals surface area contributed by atoms with Crippen molar-refractivity contribution in [2.24, 2.45) is 11.8 Å². The van der Waals surface area contributed by atoms with Gasteiger partial charge in [0, 0.05) is 12.3 Å². The minimum atomic E-state index is -0.943. The van der Waals surface area contributed by atoms with E-state index in [9.17, 15) is 9.90 Å². The third-order valence-electron chi connectivity index (χ3n) is 2.51. The van der Waals surface area contributed by atoms with Crippen LogP contribution in [0, 0.1) is 11.8 Å². The fraction of sp³-hybridized carbons (Fsp3) is 0.857. The number of hydrogen-bond donors (Lipinski definition) is 2. The summed E-state index contributed by atoms with van der Waals surface area (Å²) in [4.78, 5) is 11.1. The molecular formula is C7H10O4. The van der Waals surface area contributed by atoms with E-state index in [2.05, 4.69) is 0 Å². The SMILES string of the molecule is O=C1C[C@@H](O)[C@@H]2C(O)OC[C@H]12. The predicted octanol–water partition coefficient (Wildman–Crippen LogP) is -1.10. The number of aliphatic hydroxyl groups is 2. The van der Waals surface area contributed by atoms with Crippen molar-refractivity contribution >= 4 is 5.78 Å². The van der Waals surface area contributed by atoms with E-state index in [1.807, 2.05) is 0 Å². The lowest BCUT2D eigenvalue weighted by molar-refractivity contribution is -0.122. The zero-order chi connectivity index (χ0) is 8.01. The van der Waals surface area contributed by atoms with Crippen LogP contribution in [0.5, 0.6) is 0 Å². The lowest BCUT2D eigenvalue weighted by atomic mass is 9.97. The number of aliphatic hydroxyl groups excluding tert-OH is 2. The highest BCUT2D eigenvalue weighted by Gasteiger charge is 2.50. The number of Topliss-reactive ketones (excluding diaryl/α,β-unsaturated/α-hetero) is 1. The minimum absolute atomic E-state index is 0.0130. The first kappa shape index (κ1) is 7.21. The van der Waals surface area contributed by atoms with Crippen LogP contribution in [0.3, 0.4) is 0 Å². The van der Waals surface area contributed by atoms with Gasteiger partial charge in [-0.05, 0) is 0 Å². The highest BCUT2D eigenvalue weighted by atomic mass is 16.6. The lowest BCUT2D eigenvalue weighted by Crippen LogP contribution is -2.26. The van der Waals surface area contributed by atoms with Gasteiger partial charge in [-0.25, -0.2) is 0 Å². The van der Waals surface area contributed by atoms with Crippen molar-refractivity contribution in [2.45, 2.75) is 18.8 Å². The van der Waals surface area contributed by atoms with Gasteiger partial charge in [-0.1, -0.05) is 0 Å². The van der Waals surface area contributed by atoms with E-state index in [4.69, 9.17) is 9.84 Å². The topological polar surface area (TPSA) is 66.8 Å². The molecule has 0 amide bonds. The first-order valence-corrected chi connectivity index (χ1v) is 3.70. The van der Waals surface area contributed by atoms with Crippen LogP contribution in [0.25, 0.3) is 0 Å². The Labute approximate surface area is 63.8 Å². The van der Waals surface area contributed by atoms with Crippen molar-refractivity contribution in [3.8, 4) is 0 Å². The Kier molecular flexibility index (Phi) is 1.49. The molecule has 1 aliphatic heterocycles. The molecule has 0 aromatic carbocycles. The standard InChI is InChI=1S/C7H10O4/c8-4-1-5(9)6-3(4)2-11-7(6)10/h3,5-7,9-10H,1-2H2/t3-,5-,6-,7?/m1/s1. The summed E-state index contributed by atoms with van der Waals surface area (Å²) in [5.41, 5.74) is 0. The van der Waals surface area contributed by atoms with Gasteiger partial charge in [0.25, 0.3) is 0 Å². The Morgan fingerprint density at radius 3 is 2.82 bits per heavy atom. The molecule has 0 spiro atoms. The minimum Gasteiger partial charge on any atom is -0.392 e. The van der Waals surface area contributed by atoms with Gasteiger partial charge < -0.3 is 14.9 Å². The highest BCUT2D eigenvalue weighted by Crippen LogP contribution is 2.37. The second-order valence-corrected chi connectivity index (χ2v) is 3.15. The fourth-order valence-electron chi connectivity index (χ4n) is 1.88. The Morgan fingerprint density at radius 2 is 2.18 bits per heavy atom. The zero-order valence-corrected chi connectivity index (χ0v) is 5.93. The van der Waals surface area contributed by atoms with Crippen LogP contribution < -0.4 is 0 Å². The van der Waals surface area contributed by atoms with Gasteiger partial charge in [-0.3, -0.25) is 4.79 Å². The van der Waals surface area contributed by atoms with Gasteiger partial charge in [0.15, 0.2) is 6.29 Å². The van der Waals surface area contributed by atoms with Crippen molar-refractivity contribution < 1.29 is 19.7 Å². The van der Waals surface area contributed by atoms with Crippen LogP contribution in [-0.2, 0) is 9.53 Å². The van der Waals surface area contributed by atoms with E-state index in [1.165, 1.54) is 0 Å². The first-order chi connectivity index (χ1) is 5.20. The first-order valence-electron chi connectivity index (χ1n) is 3.70.